The summed E-state index contributed by atoms with van der Waals surface area (Å²) in [6.45, 7) is 0.787. The number of hydrogen-bond acceptors (Lipinski definition) is 6. The Hall–Kier alpha value is -3.49. The van der Waals surface area contributed by atoms with Crippen LogP contribution in [0.3, 0.4) is 0 Å². The first kappa shape index (κ1) is 22.9. The van der Waals surface area contributed by atoms with Crippen LogP contribution in [0.1, 0.15) is 67.9 Å². The van der Waals surface area contributed by atoms with Gasteiger partial charge in [-0.2, -0.15) is 4.98 Å². The molecule has 36 heavy (non-hydrogen) atoms. The van der Waals surface area contributed by atoms with Crippen LogP contribution in [0.5, 0.6) is 0 Å². The molecule has 1 aliphatic heterocycles. The smallest absolute Gasteiger partial charge is 0.270 e. The normalized spacial score (nSPS) is 22.3. The molecular formula is C27H33N7O2. The average molecular weight is 488 g/mol. The Morgan fingerprint density at radius 1 is 1.06 bits per heavy atom. The number of amides is 2. The van der Waals surface area contributed by atoms with E-state index in [9.17, 15) is 9.59 Å². The molecule has 6 rings (SSSR count). The number of hydrogen-bond donors (Lipinski definition) is 1. The third kappa shape index (κ3) is 4.20. The lowest BCUT2D eigenvalue weighted by Gasteiger charge is -2.25. The van der Waals surface area contributed by atoms with Crippen molar-refractivity contribution >= 4 is 40.3 Å². The first-order valence-corrected chi connectivity index (χ1v) is 13.1. The molecule has 2 bridgehead atoms. The van der Waals surface area contributed by atoms with Crippen LogP contribution in [0.4, 0.5) is 17.5 Å². The summed E-state index contributed by atoms with van der Waals surface area (Å²) >= 11 is 0. The van der Waals surface area contributed by atoms with E-state index in [1.165, 1.54) is 19.3 Å². The third-order valence-electron chi connectivity index (χ3n) is 8.05. The van der Waals surface area contributed by atoms with Crippen molar-refractivity contribution in [3.05, 3.63) is 36.3 Å². The first-order valence-electron chi connectivity index (χ1n) is 13.1. The Morgan fingerprint density at radius 2 is 1.86 bits per heavy atom. The van der Waals surface area contributed by atoms with Crippen LogP contribution in [0.25, 0.3) is 11.0 Å². The summed E-state index contributed by atoms with van der Waals surface area (Å²) in [5.74, 6) is 2.37. The Morgan fingerprint density at radius 3 is 2.61 bits per heavy atom. The van der Waals surface area contributed by atoms with Crippen LogP contribution in [0.2, 0.25) is 0 Å². The second-order valence-corrected chi connectivity index (χ2v) is 10.8. The SMILES string of the molecule is CN(C)C(=O)c1cc2cnc(Nc3ccc(N4CC5CCC(CC4=O)C5)cn3)nc2n1C1CCCC1. The standard InChI is InChI=1S/C27H33N7O2/c1-32(2)26(36)22-13-19-14-29-27(31-25(19)34(22)20-5-3-4-6-20)30-23-10-9-21(15-28-23)33-16-18-8-7-17(11-18)12-24(33)35/h9-10,13-15,17-18,20H,3-8,11-12,16H2,1-2H3,(H,28,29,30,31). The van der Waals surface area contributed by atoms with Crippen LogP contribution in [-0.4, -0.2) is 56.9 Å². The first-order chi connectivity index (χ1) is 17.5. The van der Waals surface area contributed by atoms with Gasteiger partial charge in [-0.25, -0.2) is 9.97 Å². The van der Waals surface area contributed by atoms with Gasteiger partial charge in [0.1, 0.15) is 17.2 Å². The fraction of sp³-hybridized carbons (Fsp3) is 0.519. The molecule has 4 heterocycles. The molecule has 0 radical (unpaired) electrons. The lowest BCUT2D eigenvalue weighted by Crippen LogP contribution is -2.34. The van der Waals surface area contributed by atoms with E-state index in [2.05, 4.69) is 19.9 Å². The molecule has 9 nitrogen and oxygen atoms in total. The fourth-order valence-electron chi connectivity index (χ4n) is 6.22. The molecule has 9 heteroatoms. The predicted molar refractivity (Wildman–Crippen MR) is 138 cm³/mol. The predicted octanol–water partition coefficient (Wildman–Crippen LogP) is 4.54. The van der Waals surface area contributed by atoms with Crippen molar-refractivity contribution in [1.29, 1.82) is 0 Å². The Kier molecular flexibility index (Phi) is 5.85. The summed E-state index contributed by atoms with van der Waals surface area (Å²) in [6, 6.07) is 5.98. The second kappa shape index (κ2) is 9.19. The van der Waals surface area contributed by atoms with Gasteiger partial charge < -0.3 is 19.7 Å². The van der Waals surface area contributed by atoms with E-state index in [-0.39, 0.29) is 17.9 Å². The van der Waals surface area contributed by atoms with Gasteiger partial charge in [-0.1, -0.05) is 12.8 Å². The van der Waals surface area contributed by atoms with Crippen LogP contribution >= 0.6 is 0 Å². The topological polar surface area (TPSA) is 96.2 Å². The number of nitrogens with zero attached hydrogens (tertiary/aromatic N) is 6. The molecule has 0 spiro atoms. The van der Waals surface area contributed by atoms with Crippen molar-refractivity contribution in [1.82, 2.24) is 24.4 Å². The minimum atomic E-state index is -0.0251. The molecule has 188 valence electrons. The summed E-state index contributed by atoms with van der Waals surface area (Å²) in [7, 11) is 3.55. The largest absolute Gasteiger partial charge is 0.343 e. The molecular weight excluding hydrogens is 454 g/mol. The van der Waals surface area contributed by atoms with E-state index in [1.807, 2.05) is 23.1 Å². The second-order valence-electron chi connectivity index (χ2n) is 10.8. The molecule has 3 fully saturated rings. The molecule has 2 amide bonds. The number of fused-ring (bicyclic) bond motifs is 3. The highest BCUT2D eigenvalue weighted by atomic mass is 16.2. The van der Waals surface area contributed by atoms with Crippen molar-refractivity contribution in [3.63, 3.8) is 0 Å². The summed E-state index contributed by atoms with van der Waals surface area (Å²) in [6.07, 6.45) is 12.1. The van der Waals surface area contributed by atoms with Gasteiger partial charge in [0.2, 0.25) is 11.9 Å². The van der Waals surface area contributed by atoms with Crippen molar-refractivity contribution < 1.29 is 9.59 Å². The van der Waals surface area contributed by atoms with Gasteiger partial charge in [0.05, 0.1) is 11.9 Å². The quantitative estimate of drug-likeness (QED) is 0.568. The summed E-state index contributed by atoms with van der Waals surface area (Å²) in [5.41, 5.74) is 2.27. The molecule has 2 atom stereocenters. The number of carbonyl (C=O) groups excluding carboxylic acids is 2. The molecule has 2 unspecified atom stereocenters. The van der Waals surface area contributed by atoms with Gasteiger partial charge in [0.15, 0.2) is 0 Å². The average Bonchev–Trinajstić information content (AvgIpc) is 3.59. The van der Waals surface area contributed by atoms with Gasteiger partial charge in [-0.15, -0.1) is 0 Å². The Labute approximate surface area is 210 Å². The van der Waals surface area contributed by atoms with Crippen molar-refractivity contribution in [2.24, 2.45) is 11.8 Å². The molecule has 2 saturated carbocycles. The lowest BCUT2D eigenvalue weighted by molar-refractivity contribution is -0.119. The highest BCUT2D eigenvalue weighted by molar-refractivity contribution is 5.98. The maximum absolute atomic E-state index is 12.9. The van der Waals surface area contributed by atoms with E-state index in [1.54, 1.807) is 31.4 Å². The molecule has 3 aromatic heterocycles. The molecule has 1 N–H and O–H groups in total. The molecule has 3 aromatic rings. The van der Waals surface area contributed by atoms with Gasteiger partial charge in [0, 0.05) is 44.7 Å². The van der Waals surface area contributed by atoms with Gasteiger partial charge >= 0.3 is 0 Å². The summed E-state index contributed by atoms with van der Waals surface area (Å²) < 4.78 is 2.10. The van der Waals surface area contributed by atoms with Gasteiger partial charge in [-0.05, 0) is 62.1 Å². The third-order valence-corrected chi connectivity index (χ3v) is 8.05. The molecule has 1 saturated heterocycles. The minimum Gasteiger partial charge on any atom is -0.343 e. The number of pyridine rings is 1. The van der Waals surface area contributed by atoms with Crippen molar-refractivity contribution in [2.75, 3.05) is 30.9 Å². The zero-order valence-electron chi connectivity index (χ0n) is 21.0. The number of rotatable bonds is 5. The Balaban J connectivity index is 1.26. The van der Waals surface area contributed by atoms with Crippen LogP contribution in [0, 0.1) is 11.8 Å². The van der Waals surface area contributed by atoms with Gasteiger partial charge in [-0.3, -0.25) is 9.59 Å². The molecule has 2 aliphatic carbocycles. The van der Waals surface area contributed by atoms with E-state index in [4.69, 9.17) is 4.98 Å². The van der Waals surface area contributed by atoms with Crippen LogP contribution in [-0.2, 0) is 4.79 Å². The van der Waals surface area contributed by atoms with E-state index < -0.39 is 0 Å². The number of carbonyl (C=O) groups is 2. The summed E-state index contributed by atoms with van der Waals surface area (Å²) in [4.78, 5) is 43.1. The van der Waals surface area contributed by atoms with E-state index in [0.717, 1.165) is 48.9 Å². The summed E-state index contributed by atoms with van der Waals surface area (Å²) in [5, 5.41) is 4.07. The Bertz CT molecular complexity index is 1290. The maximum Gasteiger partial charge on any atom is 0.270 e. The zero-order chi connectivity index (χ0) is 24.8. The van der Waals surface area contributed by atoms with Crippen molar-refractivity contribution in [3.8, 4) is 0 Å². The minimum absolute atomic E-state index is 0.0251. The molecule has 3 aliphatic rings. The number of anilines is 3. The van der Waals surface area contributed by atoms with Crippen LogP contribution < -0.4 is 10.2 Å². The van der Waals surface area contributed by atoms with E-state index in [0.29, 0.717) is 35.7 Å². The number of aromatic nitrogens is 4. The van der Waals surface area contributed by atoms with Crippen molar-refractivity contribution in [2.45, 2.75) is 57.4 Å². The number of nitrogens with one attached hydrogen (secondary N) is 1. The van der Waals surface area contributed by atoms with Gasteiger partial charge in [0.25, 0.3) is 5.91 Å². The lowest BCUT2D eigenvalue weighted by atomic mass is 10.0. The highest BCUT2D eigenvalue weighted by Crippen LogP contribution is 2.38. The van der Waals surface area contributed by atoms with E-state index >= 15 is 0 Å². The fourth-order valence-corrected chi connectivity index (χ4v) is 6.22. The highest BCUT2D eigenvalue weighted by Gasteiger charge is 2.34. The van der Waals surface area contributed by atoms with Crippen LogP contribution in [0.15, 0.2) is 30.6 Å². The zero-order valence-corrected chi connectivity index (χ0v) is 21.0. The maximum atomic E-state index is 12.9. The molecule has 0 aromatic carbocycles. The monoisotopic (exact) mass is 487 g/mol.